The molecule has 0 radical (unpaired) electrons. The molecule has 0 bridgehead atoms. The number of nitrogens with zero attached hydrogens (tertiary/aromatic N) is 1. The Bertz CT molecular complexity index is 575. The Morgan fingerprint density at radius 3 is 2.35 bits per heavy atom. The van der Waals surface area contributed by atoms with E-state index in [-0.39, 0.29) is 11.8 Å². The zero-order valence-corrected chi connectivity index (χ0v) is 14.1. The van der Waals surface area contributed by atoms with Crippen LogP contribution in [0.4, 0.5) is 0 Å². The Kier molecular flexibility index (Phi) is 4.90. The molecule has 1 aliphatic carbocycles. The Morgan fingerprint density at radius 2 is 1.74 bits per heavy atom. The van der Waals surface area contributed by atoms with Crippen molar-refractivity contribution in [2.75, 3.05) is 19.6 Å². The van der Waals surface area contributed by atoms with E-state index >= 15 is 0 Å². The molecular weight excluding hydrogens is 312 g/mol. The van der Waals surface area contributed by atoms with Gasteiger partial charge in [-0.15, -0.1) is 0 Å². The number of carbonyl (C=O) groups excluding carboxylic acids is 2. The summed E-state index contributed by atoms with van der Waals surface area (Å²) in [6.07, 6.45) is 5.42. The minimum atomic E-state index is -0.767. The van der Waals surface area contributed by atoms with E-state index in [0.29, 0.717) is 24.4 Å². The van der Waals surface area contributed by atoms with E-state index in [1.165, 1.54) is 6.42 Å². The van der Waals surface area contributed by atoms with E-state index < -0.39 is 5.41 Å². The number of hydrogen-bond donors (Lipinski definition) is 1. The van der Waals surface area contributed by atoms with Gasteiger partial charge in [0.15, 0.2) is 0 Å². The summed E-state index contributed by atoms with van der Waals surface area (Å²) in [6, 6.07) is 7.61. The lowest BCUT2D eigenvalue weighted by atomic mass is 10.0. The number of benzene rings is 1. The molecule has 4 nitrogen and oxygen atoms in total. The first-order valence-electron chi connectivity index (χ1n) is 8.44. The number of amides is 2. The van der Waals surface area contributed by atoms with Crippen LogP contribution in [0.25, 0.3) is 0 Å². The molecule has 0 unspecified atom stereocenters. The van der Waals surface area contributed by atoms with Crippen LogP contribution in [-0.4, -0.2) is 36.3 Å². The Labute approximate surface area is 142 Å². The van der Waals surface area contributed by atoms with E-state index in [0.717, 1.165) is 37.9 Å². The fourth-order valence-electron chi connectivity index (χ4n) is 3.20. The molecule has 23 heavy (non-hydrogen) atoms. The van der Waals surface area contributed by atoms with Crippen molar-refractivity contribution in [1.82, 2.24) is 10.2 Å². The van der Waals surface area contributed by atoms with Gasteiger partial charge in [0.05, 0.1) is 0 Å². The predicted octanol–water partition coefficient (Wildman–Crippen LogP) is 2.79. The highest BCUT2D eigenvalue weighted by Crippen LogP contribution is 2.47. The van der Waals surface area contributed by atoms with Crippen LogP contribution in [0.2, 0.25) is 5.02 Å². The van der Waals surface area contributed by atoms with Crippen molar-refractivity contribution in [2.24, 2.45) is 5.41 Å². The molecule has 0 spiro atoms. The normalized spacial score (nSPS) is 19.3. The van der Waals surface area contributed by atoms with Crippen LogP contribution in [0.1, 0.15) is 37.7 Å². The predicted molar refractivity (Wildman–Crippen MR) is 90.3 cm³/mol. The van der Waals surface area contributed by atoms with Crippen LogP contribution >= 0.6 is 11.6 Å². The number of nitrogens with one attached hydrogen (secondary N) is 1. The van der Waals surface area contributed by atoms with Gasteiger partial charge in [0.2, 0.25) is 11.8 Å². The SMILES string of the molecule is O=C(NCCc1ccc(Cl)cc1)C1(C(=O)N2CCCCC2)CC1. The van der Waals surface area contributed by atoms with Gasteiger partial charge < -0.3 is 10.2 Å². The second kappa shape index (κ2) is 6.91. The average Bonchev–Trinajstić information content (AvgIpc) is 3.38. The maximum absolute atomic E-state index is 12.6. The summed E-state index contributed by atoms with van der Waals surface area (Å²) in [5.41, 5.74) is 0.360. The van der Waals surface area contributed by atoms with Crippen molar-refractivity contribution in [3.63, 3.8) is 0 Å². The van der Waals surface area contributed by atoms with Gasteiger partial charge in [0, 0.05) is 24.7 Å². The first-order chi connectivity index (χ1) is 11.1. The third kappa shape index (κ3) is 3.69. The summed E-state index contributed by atoms with van der Waals surface area (Å²) in [4.78, 5) is 27.0. The van der Waals surface area contributed by atoms with Gasteiger partial charge in [-0.2, -0.15) is 0 Å². The van der Waals surface area contributed by atoms with Gasteiger partial charge in [-0.25, -0.2) is 0 Å². The number of halogens is 1. The Hall–Kier alpha value is -1.55. The molecule has 1 heterocycles. The first kappa shape index (κ1) is 16.3. The lowest BCUT2D eigenvalue weighted by molar-refractivity contribution is -0.144. The van der Waals surface area contributed by atoms with Crippen molar-refractivity contribution in [3.05, 3.63) is 34.9 Å². The smallest absolute Gasteiger partial charge is 0.238 e. The molecule has 0 atom stereocenters. The minimum absolute atomic E-state index is 0.0428. The van der Waals surface area contributed by atoms with Crippen molar-refractivity contribution in [1.29, 1.82) is 0 Å². The molecule has 1 aliphatic heterocycles. The fourth-order valence-corrected chi connectivity index (χ4v) is 3.33. The Balaban J connectivity index is 1.51. The zero-order chi connectivity index (χ0) is 16.3. The third-order valence-corrected chi connectivity index (χ3v) is 5.10. The van der Waals surface area contributed by atoms with Crippen LogP contribution in [0.15, 0.2) is 24.3 Å². The van der Waals surface area contributed by atoms with Crippen LogP contribution < -0.4 is 5.32 Å². The molecule has 1 saturated carbocycles. The summed E-state index contributed by atoms with van der Waals surface area (Å²) in [7, 11) is 0. The summed E-state index contributed by atoms with van der Waals surface area (Å²) >= 11 is 5.86. The number of rotatable bonds is 5. The highest BCUT2D eigenvalue weighted by molar-refractivity contribution is 6.30. The third-order valence-electron chi connectivity index (χ3n) is 4.85. The lowest BCUT2D eigenvalue weighted by Crippen LogP contribution is -2.47. The molecule has 1 N–H and O–H groups in total. The highest BCUT2D eigenvalue weighted by Gasteiger charge is 2.57. The van der Waals surface area contributed by atoms with E-state index in [9.17, 15) is 9.59 Å². The first-order valence-corrected chi connectivity index (χ1v) is 8.82. The van der Waals surface area contributed by atoms with E-state index in [4.69, 9.17) is 11.6 Å². The standard InChI is InChI=1S/C18H23ClN2O2/c19-15-6-4-14(5-7-15)8-11-20-16(22)18(9-10-18)17(23)21-12-2-1-3-13-21/h4-7H,1-3,8-13H2,(H,20,22). The fraction of sp³-hybridized carbons (Fsp3) is 0.556. The molecule has 1 saturated heterocycles. The van der Waals surface area contributed by atoms with Gasteiger partial charge in [-0.1, -0.05) is 23.7 Å². The lowest BCUT2D eigenvalue weighted by Gasteiger charge is -2.30. The van der Waals surface area contributed by atoms with Crippen LogP contribution in [0.3, 0.4) is 0 Å². The summed E-state index contributed by atoms with van der Waals surface area (Å²) in [5, 5.41) is 3.66. The van der Waals surface area contributed by atoms with Gasteiger partial charge in [-0.3, -0.25) is 9.59 Å². The number of likely N-dealkylation sites (tertiary alicyclic amines) is 1. The maximum Gasteiger partial charge on any atom is 0.238 e. The second-order valence-electron chi connectivity index (χ2n) is 6.57. The van der Waals surface area contributed by atoms with Gasteiger partial charge >= 0.3 is 0 Å². The topological polar surface area (TPSA) is 49.4 Å². The van der Waals surface area contributed by atoms with Crippen LogP contribution in [0.5, 0.6) is 0 Å². The summed E-state index contributed by atoms with van der Waals surface area (Å²) in [5.74, 6) is -0.0526. The summed E-state index contributed by atoms with van der Waals surface area (Å²) < 4.78 is 0. The molecule has 1 aromatic carbocycles. The minimum Gasteiger partial charge on any atom is -0.355 e. The molecule has 2 fully saturated rings. The van der Waals surface area contributed by atoms with Crippen molar-refractivity contribution < 1.29 is 9.59 Å². The van der Waals surface area contributed by atoms with Crippen LogP contribution in [0, 0.1) is 5.41 Å². The number of hydrogen-bond acceptors (Lipinski definition) is 2. The molecule has 3 rings (SSSR count). The second-order valence-corrected chi connectivity index (χ2v) is 7.00. The van der Waals surface area contributed by atoms with E-state index in [1.807, 2.05) is 29.2 Å². The monoisotopic (exact) mass is 334 g/mol. The number of carbonyl (C=O) groups is 2. The molecule has 2 aliphatic rings. The van der Waals surface area contributed by atoms with E-state index in [2.05, 4.69) is 5.32 Å². The Morgan fingerprint density at radius 1 is 1.09 bits per heavy atom. The zero-order valence-electron chi connectivity index (χ0n) is 13.3. The quantitative estimate of drug-likeness (QED) is 0.842. The van der Waals surface area contributed by atoms with Gasteiger partial charge in [-0.05, 0) is 56.2 Å². The molecule has 5 heteroatoms. The van der Waals surface area contributed by atoms with E-state index in [1.54, 1.807) is 0 Å². The molecule has 0 aromatic heterocycles. The van der Waals surface area contributed by atoms with Gasteiger partial charge in [0.1, 0.15) is 5.41 Å². The molecule has 124 valence electrons. The molecular formula is C18H23ClN2O2. The van der Waals surface area contributed by atoms with Crippen molar-refractivity contribution in [2.45, 2.75) is 38.5 Å². The summed E-state index contributed by atoms with van der Waals surface area (Å²) in [6.45, 7) is 2.16. The maximum atomic E-state index is 12.6. The molecule has 2 amide bonds. The average molecular weight is 335 g/mol. The van der Waals surface area contributed by atoms with Crippen molar-refractivity contribution in [3.8, 4) is 0 Å². The number of piperidine rings is 1. The van der Waals surface area contributed by atoms with Gasteiger partial charge in [0.25, 0.3) is 0 Å². The largest absolute Gasteiger partial charge is 0.355 e. The molecule has 1 aromatic rings. The van der Waals surface area contributed by atoms with Crippen molar-refractivity contribution >= 4 is 23.4 Å². The highest BCUT2D eigenvalue weighted by atomic mass is 35.5. The van der Waals surface area contributed by atoms with Crippen LogP contribution in [-0.2, 0) is 16.0 Å².